The van der Waals surface area contributed by atoms with E-state index in [4.69, 9.17) is 0 Å². The minimum Gasteiger partial charge on any atom is -0.350 e. The van der Waals surface area contributed by atoms with E-state index in [1.807, 2.05) is 19.1 Å². The molecule has 0 aromatic carbocycles. The molecule has 0 spiro atoms. The molecule has 0 aliphatic heterocycles. The molecule has 0 saturated heterocycles. The Morgan fingerprint density at radius 2 is 1.71 bits per heavy atom. The van der Waals surface area contributed by atoms with Crippen LogP contribution < -0.4 is 5.32 Å². The number of allylic oxidation sites excluding steroid dienone is 4. The van der Waals surface area contributed by atoms with Gasteiger partial charge in [0.25, 0.3) is 0 Å². The molecule has 0 aromatic rings. The molecule has 8 atom stereocenters. The number of unbranched alkanes of at least 4 members (excludes halogenated alkanes) is 3. The van der Waals surface area contributed by atoms with Crippen LogP contribution in [0.2, 0.25) is 0 Å². The maximum absolute atomic E-state index is 14.5. The van der Waals surface area contributed by atoms with Crippen LogP contribution in [0.3, 0.4) is 0 Å². The summed E-state index contributed by atoms with van der Waals surface area (Å²) in [5.74, 6) is 0.133. The van der Waals surface area contributed by atoms with E-state index in [9.17, 15) is 19.6 Å². The fraction of sp³-hybridized carbons (Fsp3) is 0.778. The lowest BCUT2D eigenvalue weighted by Gasteiger charge is -2.68. The van der Waals surface area contributed by atoms with Gasteiger partial charge in [0, 0.05) is 29.2 Å². The Morgan fingerprint density at radius 1 is 1.00 bits per heavy atom. The van der Waals surface area contributed by atoms with Gasteiger partial charge in [0.15, 0.2) is 11.6 Å². The Hall–Kier alpha value is -2.22. The first kappa shape index (κ1) is 30.2. The van der Waals surface area contributed by atoms with Gasteiger partial charge in [0.2, 0.25) is 5.91 Å². The van der Waals surface area contributed by atoms with Gasteiger partial charge in [-0.05, 0) is 85.5 Å². The highest BCUT2D eigenvalue weighted by Gasteiger charge is 2.69. The number of Topliss-reactive ketones (excluding diaryl/α,β-unsaturated/α-hetero) is 1. The number of nitrogens with zero attached hydrogens (tertiary/aromatic N) is 1. The molecule has 5 aliphatic carbocycles. The number of ketones is 2. The average Bonchev–Trinajstić information content (AvgIpc) is 2.91. The van der Waals surface area contributed by atoms with Gasteiger partial charge in [0.05, 0.1) is 5.57 Å². The second-order valence-electron chi connectivity index (χ2n) is 15.9. The van der Waals surface area contributed by atoms with E-state index >= 15 is 0 Å². The third kappa shape index (κ3) is 4.49. The second kappa shape index (κ2) is 10.2. The highest BCUT2D eigenvalue weighted by atomic mass is 16.2. The first-order valence-corrected chi connectivity index (χ1v) is 16.4. The zero-order valence-corrected chi connectivity index (χ0v) is 26.6. The van der Waals surface area contributed by atoms with Crippen molar-refractivity contribution in [3.63, 3.8) is 0 Å². The molecule has 0 bridgehead atoms. The standard InChI is InChI=1S/C36H52N2O3/c1-8-9-10-11-12-29(40)38-36-17-15-32(3,4)21-26(36)30-27(39)19-28-33(5)20-24(22-37)31(41)23(2)25(33)13-14-34(28,6)35(30,7)16-18-36/h19-20,23,25-26,30H,8-18,21H2,1-7H3,(H,38,40)/t23-,25-,26?,30?,33-,34+,35+,36-/m0/s1. The van der Waals surface area contributed by atoms with Crippen molar-refractivity contribution in [3.05, 3.63) is 23.3 Å². The lowest BCUT2D eigenvalue weighted by Crippen LogP contribution is -2.69. The molecule has 1 amide bonds. The minimum atomic E-state index is -0.484. The Labute approximate surface area is 248 Å². The van der Waals surface area contributed by atoms with Gasteiger partial charge in [-0.15, -0.1) is 0 Å². The van der Waals surface area contributed by atoms with Gasteiger partial charge in [-0.2, -0.15) is 5.26 Å². The van der Waals surface area contributed by atoms with E-state index in [0.717, 1.165) is 76.2 Å². The number of carbonyl (C=O) groups is 3. The van der Waals surface area contributed by atoms with Crippen molar-refractivity contribution < 1.29 is 14.4 Å². The molecule has 224 valence electrons. The molecule has 0 heterocycles. The molecule has 1 N–H and O–H groups in total. The summed E-state index contributed by atoms with van der Waals surface area (Å²) in [7, 11) is 0. The van der Waals surface area contributed by atoms with E-state index in [1.165, 1.54) is 0 Å². The average molecular weight is 561 g/mol. The maximum atomic E-state index is 14.5. The topological polar surface area (TPSA) is 87.0 Å². The van der Waals surface area contributed by atoms with Crippen LogP contribution in [0, 0.1) is 56.7 Å². The number of carbonyl (C=O) groups excluding carboxylic acids is 3. The predicted octanol–water partition coefficient (Wildman–Crippen LogP) is 7.65. The number of nitrogens with one attached hydrogen (secondary N) is 1. The molecule has 0 aromatic heterocycles. The van der Waals surface area contributed by atoms with Gasteiger partial charge in [0.1, 0.15) is 6.07 Å². The first-order valence-electron chi connectivity index (χ1n) is 16.4. The monoisotopic (exact) mass is 560 g/mol. The fourth-order valence-corrected chi connectivity index (χ4v) is 10.5. The Bertz CT molecular complexity index is 1240. The Balaban J connectivity index is 1.56. The number of amides is 1. The summed E-state index contributed by atoms with van der Waals surface area (Å²) in [6.07, 6.45) is 15.4. The minimum absolute atomic E-state index is 0.0530. The van der Waals surface area contributed by atoms with Crippen molar-refractivity contribution in [1.29, 1.82) is 5.26 Å². The summed E-state index contributed by atoms with van der Waals surface area (Å²) < 4.78 is 0. The van der Waals surface area contributed by atoms with Gasteiger partial charge in [-0.3, -0.25) is 14.4 Å². The summed E-state index contributed by atoms with van der Waals surface area (Å²) in [5, 5.41) is 13.4. The molecule has 3 fully saturated rings. The summed E-state index contributed by atoms with van der Waals surface area (Å²) >= 11 is 0. The van der Waals surface area contributed by atoms with Crippen molar-refractivity contribution in [2.75, 3.05) is 0 Å². The van der Waals surface area contributed by atoms with Crippen LogP contribution in [0.15, 0.2) is 23.3 Å². The summed E-state index contributed by atoms with van der Waals surface area (Å²) in [6.45, 7) is 15.7. The van der Waals surface area contributed by atoms with Gasteiger partial charge >= 0.3 is 0 Å². The summed E-state index contributed by atoms with van der Waals surface area (Å²) in [4.78, 5) is 40.9. The Kier molecular flexibility index (Phi) is 7.53. The molecular formula is C36H52N2O3. The van der Waals surface area contributed by atoms with Gasteiger partial charge in [-0.1, -0.05) is 79.4 Å². The number of rotatable bonds is 6. The van der Waals surface area contributed by atoms with Crippen LogP contribution in [0.25, 0.3) is 0 Å². The number of hydrogen-bond donors (Lipinski definition) is 1. The molecule has 5 heteroatoms. The van der Waals surface area contributed by atoms with Crippen LogP contribution in [-0.4, -0.2) is 23.0 Å². The fourth-order valence-electron chi connectivity index (χ4n) is 10.5. The van der Waals surface area contributed by atoms with Gasteiger partial charge < -0.3 is 5.32 Å². The zero-order chi connectivity index (χ0) is 30.0. The van der Waals surface area contributed by atoms with Crippen LogP contribution in [0.5, 0.6) is 0 Å². The van der Waals surface area contributed by atoms with Crippen LogP contribution in [0.4, 0.5) is 0 Å². The maximum Gasteiger partial charge on any atom is 0.220 e. The first-order chi connectivity index (χ1) is 19.2. The van der Waals surface area contributed by atoms with E-state index in [1.54, 1.807) is 0 Å². The predicted molar refractivity (Wildman–Crippen MR) is 161 cm³/mol. The van der Waals surface area contributed by atoms with Crippen molar-refractivity contribution in [2.45, 2.75) is 131 Å². The molecule has 5 nitrogen and oxygen atoms in total. The SMILES string of the molecule is CCCCCCC(=O)N[C@]12CCC(C)(C)CC1C1C(=O)C=C3[C@@]4(C)C=C(C#N)C(=O)[C@@H](C)[C@@H]4CC[C@@]3(C)[C@]1(C)CC2. The lowest BCUT2D eigenvalue weighted by molar-refractivity contribution is -0.162. The smallest absolute Gasteiger partial charge is 0.220 e. The van der Waals surface area contributed by atoms with Crippen LogP contribution >= 0.6 is 0 Å². The molecule has 2 unspecified atom stereocenters. The van der Waals surface area contributed by atoms with E-state index in [2.05, 4.69) is 52.9 Å². The summed E-state index contributed by atoms with van der Waals surface area (Å²) in [6, 6.07) is 2.18. The third-order valence-electron chi connectivity index (χ3n) is 13.2. The normalized spacial score (nSPS) is 42.9. The summed E-state index contributed by atoms with van der Waals surface area (Å²) in [5.41, 5.74) is 0.241. The molecule has 5 rings (SSSR count). The van der Waals surface area contributed by atoms with Gasteiger partial charge in [-0.25, -0.2) is 0 Å². The van der Waals surface area contributed by atoms with Crippen LogP contribution in [0.1, 0.15) is 126 Å². The lowest BCUT2D eigenvalue weighted by atomic mass is 9.36. The van der Waals surface area contributed by atoms with E-state index < -0.39 is 5.41 Å². The number of nitriles is 1. The van der Waals surface area contributed by atoms with Crippen molar-refractivity contribution in [3.8, 4) is 6.07 Å². The van der Waals surface area contributed by atoms with Crippen molar-refractivity contribution in [1.82, 2.24) is 5.32 Å². The number of fused-ring (bicyclic) bond motifs is 7. The highest BCUT2D eigenvalue weighted by Crippen LogP contribution is 2.72. The van der Waals surface area contributed by atoms with Crippen LogP contribution in [-0.2, 0) is 14.4 Å². The third-order valence-corrected chi connectivity index (χ3v) is 13.2. The molecule has 41 heavy (non-hydrogen) atoms. The molecule has 0 radical (unpaired) electrons. The molecular weight excluding hydrogens is 508 g/mol. The number of hydrogen-bond acceptors (Lipinski definition) is 4. The quantitative estimate of drug-likeness (QED) is 0.338. The van der Waals surface area contributed by atoms with Crippen molar-refractivity contribution >= 4 is 17.5 Å². The Morgan fingerprint density at radius 3 is 2.39 bits per heavy atom. The highest BCUT2D eigenvalue weighted by molar-refractivity contribution is 6.02. The second-order valence-corrected chi connectivity index (χ2v) is 15.9. The zero-order valence-electron chi connectivity index (χ0n) is 26.6. The molecule has 3 saturated carbocycles. The van der Waals surface area contributed by atoms with Crippen molar-refractivity contribution in [2.24, 2.45) is 45.3 Å². The van der Waals surface area contributed by atoms with E-state index in [-0.39, 0.29) is 68.5 Å². The molecule has 5 aliphatic rings. The van der Waals surface area contributed by atoms with E-state index in [0.29, 0.717) is 6.42 Å². The largest absolute Gasteiger partial charge is 0.350 e.